The predicted molar refractivity (Wildman–Crippen MR) is 74.0 cm³/mol. The highest BCUT2D eigenvalue weighted by atomic mass is 16.5. The Kier molecular flexibility index (Phi) is 5.13. The molecular weight excluding hydrogens is 224 g/mol. The number of benzene rings is 1. The van der Waals surface area contributed by atoms with Crippen LogP contribution in [-0.2, 0) is 0 Å². The molecule has 1 aromatic rings. The molecule has 0 aliphatic heterocycles. The van der Waals surface area contributed by atoms with Gasteiger partial charge in [0.25, 0.3) is 0 Å². The molecule has 0 spiro atoms. The van der Waals surface area contributed by atoms with E-state index in [0.29, 0.717) is 11.3 Å². The minimum absolute atomic E-state index is 0.0663. The Balaban J connectivity index is 3.20. The number of rotatable bonds is 5. The maximum atomic E-state index is 9.01. The summed E-state index contributed by atoms with van der Waals surface area (Å²) in [6, 6.07) is 7.52. The summed E-state index contributed by atoms with van der Waals surface area (Å²) < 4.78 is 5.20. The van der Waals surface area contributed by atoms with Crippen LogP contribution in [0.4, 0.5) is 0 Å². The van der Waals surface area contributed by atoms with Crippen LogP contribution in [0.2, 0.25) is 0 Å². The van der Waals surface area contributed by atoms with Crippen molar-refractivity contribution < 1.29 is 4.74 Å². The lowest BCUT2D eigenvalue weighted by molar-refractivity contribution is 0.413. The Labute approximate surface area is 108 Å². The summed E-state index contributed by atoms with van der Waals surface area (Å²) in [7, 11) is 1.59. The van der Waals surface area contributed by atoms with Gasteiger partial charge in [-0.1, -0.05) is 19.1 Å². The minimum Gasteiger partial charge on any atom is -0.497 e. The summed E-state index contributed by atoms with van der Waals surface area (Å²) in [4.78, 5) is 4.16. The van der Waals surface area contributed by atoms with Crippen LogP contribution in [0.5, 0.6) is 5.75 Å². The van der Waals surface area contributed by atoms with Gasteiger partial charge in [0.2, 0.25) is 0 Å². The van der Waals surface area contributed by atoms with Gasteiger partial charge in [-0.05, 0) is 37.4 Å². The fourth-order valence-corrected chi connectivity index (χ4v) is 1.96. The molecule has 0 amide bonds. The van der Waals surface area contributed by atoms with Crippen molar-refractivity contribution in [1.29, 1.82) is 5.26 Å². The van der Waals surface area contributed by atoms with Crippen LogP contribution in [0.3, 0.4) is 0 Å². The van der Waals surface area contributed by atoms with Crippen molar-refractivity contribution in [3.05, 3.63) is 41.5 Å². The predicted octanol–water partition coefficient (Wildman–Crippen LogP) is 3.52. The molecule has 0 bridgehead atoms. The maximum absolute atomic E-state index is 9.01. The summed E-state index contributed by atoms with van der Waals surface area (Å²) in [6.45, 7) is 7.69. The molecule has 0 saturated carbocycles. The summed E-state index contributed by atoms with van der Waals surface area (Å²) in [5.41, 5.74) is 1.53. The van der Waals surface area contributed by atoms with Gasteiger partial charge in [-0.15, -0.1) is 0 Å². The molecule has 1 aromatic carbocycles. The summed E-state index contributed by atoms with van der Waals surface area (Å²) in [5, 5.41) is 9.01. The largest absolute Gasteiger partial charge is 0.497 e. The number of methoxy groups -OCH3 is 1. The quantitative estimate of drug-likeness (QED) is 0.585. The fraction of sp³-hybridized carbons (Fsp3) is 0.333. The van der Waals surface area contributed by atoms with Crippen LogP contribution >= 0.6 is 0 Å². The van der Waals surface area contributed by atoms with E-state index in [-0.39, 0.29) is 12.0 Å². The van der Waals surface area contributed by atoms with Gasteiger partial charge in [0.15, 0.2) is 0 Å². The first kappa shape index (κ1) is 14.0. The number of hydrogen-bond donors (Lipinski definition) is 0. The lowest BCUT2D eigenvalue weighted by Gasteiger charge is -2.18. The standard InChI is InChI=1S/C15H18N2O/c1-5-6-11(2)15(17-3)13-7-12(10-16)8-14(9-13)18-4/h5-9,11,15H,3H2,1-2,4H3/b6-5-. The molecule has 2 unspecified atom stereocenters. The first-order valence-electron chi connectivity index (χ1n) is 5.84. The zero-order valence-electron chi connectivity index (χ0n) is 11.1. The molecule has 3 nitrogen and oxygen atoms in total. The molecule has 94 valence electrons. The molecule has 1 rings (SSSR count). The molecule has 0 radical (unpaired) electrons. The number of nitrogens with zero attached hydrogens (tertiary/aromatic N) is 2. The molecule has 18 heavy (non-hydrogen) atoms. The Morgan fingerprint density at radius 1 is 1.44 bits per heavy atom. The second-order valence-electron chi connectivity index (χ2n) is 4.12. The van der Waals surface area contributed by atoms with Gasteiger partial charge in [0.1, 0.15) is 5.75 Å². The average Bonchev–Trinajstić information content (AvgIpc) is 2.39. The summed E-state index contributed by atoms with van der Waals surface area (Å²) in [5.74, 6) is 0.900. The zero-order valence-corrected chi connectivity index (χ0v) is 11.1. The van der Waals surface area contributed by atoms with Crippen LogP contribution in [0, 0.1) is 17.2 Å². The molecule has 2 atom stereocenters. The minimum atomic E-state index is -0.0663. The van der Waals surface area contributed by atoms with Crippen molar-refractivity contribution in [3.8, 4) is 11.8 Å². The smallest absolute Gasteiger partial charge is 0.120 e. The van der Waals surface area contributed by atoms with Crippen LogP contribution < -0.4 is 4.74 Å². The second-order valence-corrected chi connectivity index (χ2v) is 4.12. The Morgan fingerprint density at radius 3 is 2.67 bits per heavy atom. The summed E-state index contributed by atoms with van der Waals surface area (Å²) in [6.07, 6.45) is 4.07. The number of hydrogen-bond acceptors (Lipinski definition) is 3. The van der Waals surface area contributed by atoms with Gasteiger partial charge < -0.3 is 4.74 Å². The van der Waals surface area contributed by atoms with Gasteiger partial charge >= 0.3 is 0 Å². The molecular formula is C15H18N2O. The number of nitriles is 1. The van der Waals surface area contributed by atoms with Crippen molar-refractivity contribution >= 4 is 6.72 Å². The highest BCUT2D eigenvalue weighted by Crippen LogP contribution is 2.30. The normalized spacial score (nSPS) is 13.9. The molecule has 0 aromatic heterocycles. The van der Waals surface area contributed by atoms with Gasteiger partial charge in [0, 0.05) is 5.92 Å². The number of aliphatic imine (C=N–C) groups is 1. The molecule has 0 N–H and O–H groups in total. The van der Waals surface area contributed by atoms with E-state index in [2.05, 4.69) is 30.8 Å². The molecule has 3 heteroatoms. The molecule has 0 aliphatic carbocycles. The number of ether oxygens (including phenoxy) is 1. The van der Waals surface area contributed by atoms with E-state index in [1.165, 1.54) is 0 Å². The molecule has 0 saturated heterocycles. The third kappa shape index (κ3) is 3.21. The second kappa shape index (κ2) is 6.61. The SMILES string of the molecule is C=NC(c1cc(C#N)cc(OC)c1)C(C)/C=C\C. The Morgan fingerprint density at radius 2 is 2.17 bits per heavy atom. The van der Waals surface area contributed by atoms with Gasteiger partial charge in [-0.3, -0.25) is 4.99 Å². The first-order chi connectivity index (χ1) is 8.65. The van der Waals surface area contributed by atoms with Crippen LogP contribution in [0.15, 0.2) is 35.3 Å². The Bertz CT molecular complexity index is 486. The zero-order chi connectivity index (χ0) is 13.5. The monoisotopic (exact) mass is 242 g/mol. The number of allylic oxidation sites excluding steroid dienone is 1. The van der Waals surface area contributed by atoms with Crippen molar-refractivity contribution in [2.24, 2.45) is 10.9 Å². The van der Waals surface area contributed by atoms with Gasteiger partial charge in [-0.2, -0.15) is 5.26 Å². The average molecular weight is 242 g/mol. The third-order valence-corrected chi connectivity index (χ3v) is 2.83. The highest BCUT2D eigenvalue weighted by Gasteiger charge is 2.16. The van der Waals surface area contributed by atoms with Crippen molar-refractivity contribution in [3.63, 3.8) is 0 Å². The van der Waals surface area contributed by atoms with E-state index in [4.69, 9.17) is 10.00 Å². The lowest BCUT2D eigenvalue weighted by atomic mass is 9.93. The van der Waals surface area contributed by atoms with Crippen LogP contribution in [0.25, 0.3) is 0 Å². The van der Waals surface area contributed by atoms with Gasteiger partial charge in [0.05, 0.1) is 24.8 Å². The molecule has 0 fully saturated rings. The topological polar surface area (TPSA) is 45.4 Å². The molecule has 0 aliphatic rings. The van der Waals surface area contributed by atoms with Gasteiger partial charge in [-0.25, -0.2) is 0 Å². The van der Waals surface area contributed by atoms with E-state index in [1.807, 2.05) is 25.1 Å². The lowest BCUT2D eigenvalue weighted by Crippen LogP contribution is -2.05. The Hall–Kier alpha value is -2.08. The van der Waals surface area contributed by atoms with E-state index in [0.717, 1.165) is 5.56 Å². The first-order valence-corrected chi connectivity index (χ1v) is 5.84. The van der Waals surface area contributed by atoms with Crippen molar-refractivity contribution in [1.82, 2.24) is 0 Å². The highest BCUT2D eigenvalue weighted by molar-refractivity contribution is 5.43. The fourth-order valence-electron chi connectivity index (χ4n) is 1.96. The van der Waals surface area contributed by atoms with Crippen LogP contribution in [-0.4, -0.2) is 13.8 Å². The summed E-state index contributed by atoms with van der Waals surface area (Å²) >= 11 is 0. The van der Waals surface area contributed by atoms with Crippen molar-refractivity contribution in [2.75, 3.05) is 7.11 Å². The van der Waals surface area contributed by atoms with E-state index < -0.39 is 0 Å². The van der Waals surface area contributed by atoms with E-state index in [1.54, 1.807) is 13.2 Å². The van der Waals surface area contributed by atoms with E-state index >= 15 is 0 Å². The third-order valence-electron chi connectivity index (χ3n) is 2.83. The van der Waals surface area contributed by atoms with E-state index in [9.17, 15) is 0 Å². The van der Waals surface area contributed by atoms with Crippen molar-refractivity contribution in [2.45, 2.75) is 19.9 Å². The maximum Gasteiger partial charge on any atom is 0.120 e. The molecule has 0 heterocycles. The van der Waals surface area contributed by atoms with Crippen LogP contribution in [0.1, 0.15) is 31.0 Å².